The van der Waals surface area contributed by atoms with Crippen LogP contribution in [0.15, 0.2) is 67.0 Å². The SMILES string of the molecule is CCOC(=O)C(Cc1ccccc1Cl)C(O)c1ccc(-n2c(C)nc3cnccc32)cc1. The number of aliphatic hydroxyl groups is 1. The number of nitrogens with zero attached hydrogens (tertiary/aromatic N) is 3. The lowest BCUT2D eigenvalue weighted by atomic mass is 9.89. The van der Waals surface area contributed by atoms with Crippen LogP contribution in [-0.4, -0.2) is 32.2 Å². The van der Waals surface area contributed by atoms with Gasteiger partial charge in [0.2, 0.25) is 0 Å². The Bertz CT molecular complexity index is 1240. The van der Waals surface area contributed by atoms with Crippen molar-refractivity contribution in [2.75, 3.05) is 6.61 Å². The van der Waals surface area contributed by atoms with Gasteiger partial charge in [0.25, 0.3) is 0 Å². The number of carbonyl (C=O) groups excluding carboxylic acids is 1. The molecule has 1 N–H and O–H groups in total. The third kappa shape index (κ3) is 4.38. The second-order valence-corrected chi connectivity index (χ2v) is 7.96. The third-order valence-electron chi connectivity index (χ3n) is 5.49. The first-order valence-electron chi connectivity index (χ1n) is 10.5. The van der Waals surface area contributed by atoms with Crippen LogP contribution in [0.5, 0.6) is 0 Å². The molecule has 0 spiro atoms. The molecule has 0 fully saturated rings. The highest BCUT2D eigenvalue weighted by Gasteiger charge is 2.30. The summed E-state index contributed by atoms with van der Waals surface area (Å²) >= 11 is 6.29. The van der Waals surface area contributed by atoms with Gasteiger partial charge in [-0.25, -0.2) is 4.98 Å². The van der Waals surface area contributed by atoms with E-state index in [1.54, 1.807) is 25.4 Å². The normalized spacial score (nSPS) is 13.1. The number of hydrogen-bond acceptors (Lipinski definition) is 5. The molecule has 0 aliphatic rings. The maximum absolute atomic E-state index is 12.7. The molecule has 2 atom stereocenters. The Hall–Kier alpha value is -3.22. The highest BCUT2D eigenvalue weighted by molar-refractivity contribution is 6.31. The number of rotatable bonds is 7. The molecule has 4 rings (SSSR count). The molecule has 4 aromatic rings. The molecule has 164 valence electrons. The molecule has 0 saturated heterocycles. The average Bonchev–Trinajstić information content (AvgIpc) is 3.14. The van der Waals surface area contributed by atoms with Crippen molar-refractivity contribution in [1.29, 1.82) is 0 Å². The highest BCUT2D eigenvalue weighted by Crippen LogP contribution is 2.30. The molecule has 32 heavy (non-hydrogen) atoms. The molecular weight excluding hydrogens is 426 g/mol. The second-order valence-electron chi connectivity index (χ2n) is 7.55. The summed E-state index contributed by atoms with van der Waals surface area (Å²) in [5.41, 5.74) is 4.09. The Morgan fingerprint density at radius 1 is 1.16 bits per heavy atom. The van der Waals surface area contributed by atoms with Gasteiger partial charge in [0.05, 0.1) is 30.3 Å². The van der Waals surface area contributed by atoms with E-state index in [1.807, 2.05) is 60.0 Å². The molecule has 6 nitrogen and oxygen atoms in total. The second kappa shape index (κ2) is 9.51. The van der Waals surface area contributed by atoms with Crippen LogP contribution >= 0.6 is 11.6 Å². The van der Waals surface area contributed by atoms with Gasteiger partial charge in [0, 0.05) is 16.9 Å². The Morgan fingerprint density at radius 2 is 1.91 bits per heavy atom. The van der Waals surface area contributed by atoms with Crippen LogP contribution in [-0.2, 0) is 16.0 Å². The van der Waals surface area contributed by atoms with E-state index in [0.29, 0.717) is 10.6 Å². The van der Waals surface area contributed by atoms with E-state index in [2.05, 4.69) is 9.97 Å². The zero-order valence-electron chi connectivity index (χ0n) is 17.9. The molecule has 2 heterocycles. The number of esters is 1. The number of benzene rings is 2. The monoisotopic (exact) mass is 449 g/mol. The van der Waals surface area contributed by atoms with Crippen LogP contribution in [0.25, 0.3) is 16.7 Å². The number of hydrogen-bond donors (Lipinski definition) is 1. The molecule has 0 saturated carbocycles. The summed E-state index contributed by atoms with van der Waals surface area (Å²) in [5, 5.41) is 11.7. The maximum atomic E-state index is 12.7. The van der Waals surface area contributed by atoms with E-state index in [-0.39, 0.29) is 13.0 Å². The fourth-order valence-electron chi connectivity index (χ4n) is 3.91. The summed E-state index contributed by atoms with van der Waals surface area (Å²) in [6.07, 6.45) is 2.70. The molecule has 0 aliphatic heterocycles. The van der Waals surface area contributed by atoms with Gasteiger partial charge < -0.3 is 9.84 Å². The maximum Gasteiger partial charge on any atom is 0.312 e. The van der Waals surface area contributed by atoms with E-state index >= 15 is 0 Å². The first kappa shape index (κ1) is 22.0. The van der Waals surface area contributed by atoms with Crippen molar-refractivity contribution >= 4 is 28.6 Å². The van der Waals surface area contributed by atoms with Crippen molar-refractivity contribution in [3.63, 3.8) is 0 Å². The Kier molecular flexibility index (Phi) is 6.53. The van der Waals surface area contributed by atoms with E-state index in [1.165, 1.54) is 0 Å². The van der Waals surface area contributed by atoms with Crippen molar-refractivity contribution in [3.05, 3.63) is 89.0 Å². The first-order chi connectivity index (χ1) is 15.5. The topological polar surface area (TPSA) is 77.2 Å². The lowest BCUT2D eigenvalue weighted by Crippen LogP contribution is -2.27. The molecule has 0 bridgehead atoms. The minimum Gasteiger partial charge on any atom is -0.466 e. The Balaban J connectivity index is 1.64. The summed E-state index contributed by atoms with van der Waals surface area (Å²) in [6.45, 7) is 3.92. The third-order valence-corrected chi connectivity index (χ3v) is 5.85. The number of pyridine rings is 1. The molecule has 2 aromatic heterocycles. The van der Waals surface area contributed by atoms with Gasteiger partial charge in [0.1, 0.15) is 11.3 Å². The van der Waals surface area contributed by atoms with Crippen LogP contribution in [0.1, 0.15) is 30.0 Å². The number of fused-ring (bicyclic) bond motifs is 1. The summed E-state index contributed by atoms with van der Waals surface area (Å²) < 4.78 is 7.27. The number of halogens is 1. The number of aromatic nitrogens is 3. The summed E-state index contributed by atoms with van der Waals surface area (Å²) in [4.78, 5) is 21.4. The van der Waals surface area contributed by atoms with Gasteiger partial charge in [-0.15, -0.1) is 0 Å². The van der Waals surface area contributed by atoms with E-state index in [9.17, 15) is 9.90 Å². The van der Waals surface area contributed by atoms with Crippen LogP contribution in [0.4, 0.5) is 0 Å². The number of imidazole rings is 1. The number of carbonyl (C=O) groups is 1. The zero-order valence-corrected chi connectivity index (χ0v) is 18.7. The Morgan fingerprint density at radius 3 is 2.62 bits per heavy atom. The smallest absolute Gasteiger partial charge is 0.312 e. The van der Waals surface area contributed by atoms with Crippen molar-refractivity contribution < 1.29 is 14.6 Å². The van der Waals surface area contributed by atoms with Crippen LogP contribution in [0.2, 0.25) is 5.02 Å². The summed E-state index contributed by atoms with van der Waals surface area (Å²) in [6, 6.07) is 16.7. The van der Waals surface area contributed by atoms with Crippen LogP contribution < -0.4 is 0 Å². The number of aliphatic hydroxyl groups excluding tert-OH is 1. The molecule has 2 unspecified atom stereocenters. The predicted molar refractivity (Wildman–Crippen MR) is 124 cm³/mol. The molecule has 0 aliphatic carbocycles. The van der Waals surface area contributed by atoms with Gasteiger partial charge >= 0.3 is 5.97 Å². The van der Waals surface area contributed by atoms with Crippen molar-refractivity contribution in [2.45, 2.75) is 26.4 Å². The fraction of sp³-hybridized carbons (Fsp3) is 0.240. The van der Waals surface area contributed by atoms with Gasteiger partial charge in [-0.1, -0.05) is 41.9 Å². The van der Waals surface area contributed by atoms with Gasteiger partial charge in [-0.05, 0) is 55.7 Å². The average molecular weight is 450 g/mol. The first-order valence-corrected chi connectivity index (χ1v) is 10.8. The van der Waals surface area contributed by atoms with Crippen molar-refractivity contribution in [3.8, 4) is 5.69 Å². The predicted octanol–water partition coefficient (Wildman–Crippen LogP) is 4.84. The number of aryl methyl sites for hydroxylation is 1. The van der Waals surface area contributed by atoms with Crippen LogP contribution in [0.3, 0.4) is 0 Å². The molecule has 7 heteroatoms. The number of ether oxygens (including phenoxy) is 1. The molecule has 0 amide bonds. The largest absolute Gasteiger partial charge is 0.466 e. The standard InChI is InChI=1S/C25H24ClN3O3/c1-3-32-25(31)20(14-18-6-4-5-7-21(18)26)24(30)17-8-10-19(11-9-17)29-16(2)28-22-15-27-13-12-23(22)29/h4-13,15,20,24,30H,3,14H2,1-2H3. The van der Waals surface area contributed by atoms with E-state index in [0.717, 1.165) is 28.1 Å². The van der Waals surface area contributed by atoms with Crippen LogP contribution in [0, 0.1) is 12.8 Å². The quantitative estimate of drug-likeness (QED) is 0.408. The lowest BCUT2D eigenvalue weighted by molar-refractivity contribution is -0.152. The van der Waals surface area contributed by atoms with Crippen molar-refractivity contribution in [2.24, 2.45) is 5.92 Å². The molecule has 0 radical (unpaired) electrons. The minimum absolute atomic E-state index is 0.241. The summed E-state index contributed by atoms with van der Waals surface area (Å²) in [5.74, 6) is -0.389. The molecular formula is C25H24ClN3O3. The van der Waals surface area contributed by atoms with Gasteiger partial charge in [-0.3, -0.25) is 14.3 Å². The fourth-order valence-corrected chi connectivity index (χ4v) is 4.12. The van der Waals surface area contributed by atoms with Crippen molar-refractivity contribution in [1.82, 2.24) is 14.5 Å². The zero-order chi connectivity index (χ0) is 22.7. The van der Waals surface area contributed by atoms with E-state index < -0.39 is 18.0 Å². The highest BCUT2D eigenvalue weighted by atomic mass is 35.5. The lowest BCUT2D eigenvalue weighted by Gasteiger charge is -2.22. The molecule has 2 aromatic carbocycles. The summed E-state index contributed by atoms with van der Waals surface area (Å²) in [7, 11) is 0. The van der Waals surface area contributed by atoms with Gasteiger partial charge in [0.15, 0.2) is 0 Å². The minimum atomic E-state index is -1.04. The Labute approximate surface area is 191 Å². The van der Waals surface area contributed by atoms with E-state index in [4.69, 9.17) is 16.3 Å². The van der Waals surface area contributed by atoms with Gasteiger partial charge in [-0.2, -0.15) is 0 Å².